The number of benzene rings is 1. The third-order valence-corrected chi connectivity index (χ3v) is 2.28. The maximum Gasteiger partial charge on any atom is 0.419 e. The van der Waals surface area contributed by atoms with Gasteiger partial charge in [-0.05, 0) is 13.8 Å². The molecule has 2 rings (SSSR count). The van der Waals surface area contributed by atoms with Gasteiger partial charge in [-0.2, -0.15) is 0 Å². The Kier molecular flexibility index (Phi) is 2.46. The highest BCUT2D eigenvalue weighted by atomic mass is 16.4. The second kappa shape index (κ2) is 3.77. The van der Waals surface area contributed by atoms with Crippen LogP contribution in [0.2, 0.25) is 0 Å². The van der Waals surface area contributed by atoms with Crippen LogP contribution >= 0.6 is 0 Å². The van der Waals surface area contributed by atoms with Crippen LogP contribution in [0.3, 0.4) is 0 Å². The van der Waals surface area contributed by atoms with E-state index in [4.69, 9.17) is 4.42 Å². The molecular formula is C12H13NO2. The van der Waals surface area contributed by atoms with Crippen LogP contribution in [0.4, 0.5) is 0 Å². The van der Waals surface area contributed by atoms with Crippen LogP contribution in [-0.2, 0) is 0 Å². The lowest BCUT2D eigenvalue weighted by molar-refractivity contribution is 0.462. The van der Waals surface area contributed by atoms with E-state index in [1.54, 1.807) is 10.8 Å². The quantitative estimate of drug-likeness (QED) is 0.752. The molecule has 78 valence electrons. The fraction of sp³-hybridized carbons (Fsp3) is 0.250. The summed E-state index contributed by atoms with van der Waals surface area (Å²) >= 11 is 0. The molecule has 0 aliphatic heterocycles. The van der Waals surface area contributed by atoms with Gasteiger partial charge < -0.3 is 4.42 Å². The summed E-state index contributed by atoms with van der Waals surface area (Å²) in [6, 6.07) is 9.73. The van der Waals surface area contributed by atoms with E-state index in [-0.39, 0.29) is 11.8 Å². The topological polar surface area (TPSA) is 35.1 Å². The first-order chi connectivity index (χ1) is 7.18. The lowest BCUT2D eigenvalue weighted by Gasteiger charge is -2.01. The van der Waals surface area contributed by atoms with Gasteiger partial charge in [-0.1, -0.05) is 30.3 Å². The molecule has 0 saturated heterocycles. The molecule has 1 aromatic carbocycles. The molecule has 3 nitrogen and oxygen atoms in total. The van der Waals surface area contributed by atoms with Gasteiger partial charge in [-0.25, -0.2) is 4.79 Å². The van der Waals surface area contributed by atoms with E-state index in [2.05, 4.69) is 0 Å². The lowest BCUT2D eigenvalue weighted by Crippen LogP contribution is -2.14. The van der Waals surface area contributed by atoms with Crippen molar-refractivity contribution >= 4 is 0 Å². The summed E-state index contributed by atoms with van der Waals surface area (Å²) in [7, 11) is 0. The lowest BCUT2D eigenvalue weighted by atomic mass is 10.2. The summed E-state index contributed by atoms with van der Waals surface area (Å²) in [4.78, 5) is 11.5. The molecule has 3 heteroatoms. The number of aromatic nitrogens is 1. The summed E-state index contributed by atoms with van der Waals surface area (Å²) in [5.74, 6) is 0.318. The van der Waals surface area contributed by atoms with Gasteiger partial charge in [0.2, 0.25) is 0 Å². The summed E-state index contributed by atoms with van der Waals surface area (Å²) in [5.41, 5.74) is 0.925. The van der Waals surface area contributed by atoms with Gasteiger partial charge in [0.25, 0.3) is 0 Å². The molecule has 0 atom stereocenters. The fourth-order valence-electron chi connectivity index (χ4n) is 1.45. The SMILES string of the molecule is CC(C)n1cc(-c2ccccc2)oc1=O. The second-order valence-electron chi connectivity index (χ2n) is 3.73. The van der Waals surface area contributed by atoms with Crippen LogP contribution in [-0.4, -0.2) is 4.57 Å². The predicted octanol–water partition coefficient (Wildman–Crippen LogP) is 2.69. The van der Waals surface area contributed by atoms with Crippen molar-refractivity contribution in [1.29, 1.82) is 0 Å². The number of nitrogens with zero attached hydrogens (tertiary/aromatic N) is 1. The van der Waals surface area contributed by atoms with Gasteiger partial charge >= 0.3 is 5.76 Å². The van der Waals surface area contributed by atoms with Gasteiger partial charge in [-0.15, -0.1) is 0 Å². The van der Waals surface area contributed by atoms with Crippen molar-refractivity contribution in [3.63, 3.8) is 0 Å². The first-order valence-corrected chi connectivity index (χ1v) is 4.96. The first-order valence-electron chi connectivity index (χ1n) is 4.96. The molecule has 0 amide bonds. The van der Waals surface area contributed by atoms with E-state index in [1.165, 1.54) is 0 Å². The maximum atomic E-state index is 11.5. The molecule has 0 fully saturated rings. The van der Waals surface area contributed by atoms with Gasteiger partial charge in [0.15, 0.2) is 5.76 Å². The predicted molar refractivity (Wildman–Crippen MR) is 58.8 cm³/mol. The zero-order valence-electron chi connectivity index (χ0n) is 8.81. The molecule has 0 unspecified atom stereocenters. The maximum absolute atomic E-state index is 11.5. The third-order valence-electron chi connectivity index (χ3n) is 2.28. The molecule has 2 aromatic rings. The van der Waals surface area contributed by atoms with E-state index < -0.39 is 0 Å². The Labute approximate surface area is 88.0 Å². The minimum absolute atomic E-state index is 0.124. The molecule has 0 aliphatic rings. The Hall–Kier alpha value is -1.77. The van der Waals surface area contributed by atoms with Crippen LogP contribution in [0.15, 0.2) is 45.7 Å². The van der Waals surface area contributed by atoms with Crippen LogP contribution in [0.1, 0.15) is 19.9 Å². The molecule has 1 aromatic heterocycles. The Morgan fingerprint density at radius 1 is 1.20 bits per heavy atom. The average Bonchev–Trinajstić information content (AvgIpc) is 2.62. The zero-order chi connectivity index (χ0) is 10.8. The van der Waals surface area contributed by atoms with Crippen molar-refractivity contribution < 1.29 is 4.42 Å². The third kappa shape index (κ3) is 1.86. The first kappa shape index (κ1) is 9.77. The summed E-state index contributed by atoms with van der Waals surface area (Å²) < 4.78 is 6.76. The number of hydrogen-bond donors (Lipinski definition) is 0. The van der Waals surface area contributed by atoms with Gasteiger partial charge in [0.1, 0.15) is 0 Å². The fourth-order valence-corrected chi connectivity index (χ4v) is 1.45. The van der Waals surface area contributed by atoms with Crippen LogP contribution in [0.5, 0.6) is 0 Å². The molecule has 0 radical (unpaired) electrons. The van der Waals surface area contributed by atoms with Gasteiger partial charge in [0.05, 0.1) is 6.20 Å². The zero-order valence-corrected chi connectivity index (χ0v) is 8.81. The second-order valence-corrected chi connectivity index (χ2v) is 3.73. The summed E-state index contributed by atoms with van der Waals surface area (Å²) in [5, 5.41) is 0. The molecule has 0 bridgehead atoms. The number of oxazole rings is 1. The Bertz CT molecular complexity index is 494. The molecule has 0 N–H and O–H groups in total. The molecule has 0 saturated carbocycles. The van der Waals surface area contributed by atoms with E-state index in [0.29, 0.717) is 5.76 Å². The van der Waals surface area contributed by atoms with Gasteiger partial charge in [0, 0.05) is 11.6 Å². The Morgan fingerprint density at radius 2 is 1.87 bits per heavy atom. The smallest absolute Gasteiger partial charge is 0.408 e. The van der Waals surface area contributed by atoms with E-state index in [0.717, 1.165) is 5.56 Å². The Morgan fingerprint density at radius 3 is 2.40 bits per heavy atom. The minimum Gasteiger partial charge on any atom is -0.408 e. The standard InChI is InChI=1S/C12H13NO2/c1-9(2)13-8-11(15-12(13)14)10-6-4-3-5-7-10/h3-9H,1-2H3. The monoisotopic (exact) mass is 203 g/mol. The Balaban J connectivity index is 2.48. The van der Waals surface area contributed by atoms with E-state index >= 15 is 0 Å². The number of rotatable bonds is 2. The van der Waals surface area contributed by atoms with Crippen molar-refractivity contribution in [2.45, 2.75) is 19.9 Å². The number of hydrogen-bond acceptors (Lipinski definition) is 2. The van der Waals surface area contributed by atoms with Crippen molar-refractivity contribution in [1.82, 2.24) is 4.57 Å². The summed E-state index contributed by atoms with van der Waals surface area (Å²) in [6.07, 6.45) is 1.75. The molecule has 15 heavy (non-hydrogen) atoms. The van der Waals surface area contributed by atoms with E-state index in [9.17, 15) is 4.79 Å². The van der Waals surface area contributed by atoms with Crippen LogP contribution in [0, 0.1) is 0 Å². The van der Waals surface area contributed by atoms with Crippen LogP contribution < -0.4 is 5.76 Å². The van der Waals surface area contributed by atoms with Gasteiger partial charge in [-0.3, -0.25) is 4.57 Å². The molecular weight excluding hydrogens is 190 g/mol. The average molecular weight is 203 g/mol. The van der Waals surface area contributed by atoms with E-state index in [1.807, 2.05) is 44.2 Å². The normalized spacial score (nSPS) is 10.9. The highest BCUT2D eigenvalue weighted by Gasteiger charge is 2.09. The van der Waals surface area contributed by atoms with Crippen molar-refractivity contribution in [2.24, 2.45) is 0 Å². The minimum atomic E-state index is -0.302. The molecule has 0 aliphatic carbocycles. The molecule has 1 heterocycles. The highest BCUT2D eigenvalue weighted by molar-refractivity contribution is 5.55. The highest BCUT2D eigenvalue weighted by Crippen LogP contribution is 2.18. The largest absolute Gasteiger partial charge is 0.419 e. The summed E-state index contributed by atoms with van der Waals surface area (Å²) in [6.45, 7) is 3.90. The molecule has 0 spiro atoms. The van der Waals surface area contributed by atoms with Crippen molar-refractivity contribution in [2.75, 3.05) is 0 Å². The van der Waals surface area contributed by atoms with Crippen molar-refractivity contribution in [3.05, 3.63) is 47.1 Å². The van der Waals surface area contributed by atoms with Crippen LogP contribution in [0.25, 0.3) is 11.3 Å². The van der Waals surface area contributed by atoms with Crippen molar-refractivity contribution in [3.8, 4) is 11.3 Å².